The molecule has 0 aromatic carbocycles. The van der Waals surface area contributed by atoms with Gasteiger partial charge in [0, 0.05) is 6.08 Å². The first-order valence-corrected chi connectivity index (χ1v) is 13.9. The van der Waals surface area contributed by atoms with Crippen molar-refractivity contribution in [2.45, 2.75) is 102 Å². The van der Waals surface area contributed by atoms with Crippen LogP contribution in [0.4, 0.5) is 0 Å². The van der Waals surface area contributed by atoms with Crippen LogP contribution in [0.5, 0.6) is 0 Å². The molecule has 6 nitrogen and oxygen atoms in total. The summed E-state index contributed by atoms with van der Waals surface area (Å²) in [6.45, 7) is 9.10. The number of hydrogen-bond acceptors (Lipinski definition) is 6. The molecule has 2 bridgehead atoms. The maximum absolute atomic E-state index is 12.7. The van der Waals surface area contributed by atoms with Crippen molar-refractivity contribution in [2.75, 3.05) is 6.61 Å². The molecule has 37 heavy (non-hydrogen) atoms. The fourth-order valence-electron chi connectivity index (χ4n) is 5.89. The summed E-state index contributed by atoms with van der Waals surface area (Å²) in [4.78, 5) is 12.7. The molecule has 4 rings (SSSR count). The summed E-state index contributed by atoms with van der Waals surface area (Å²) in [5.41, 5.74) is 2.33. The first-order chi connectivity index (χ1) is 17.8. The monoisotopic (exact) mass is 512 g/mol. The van der Waals surface area contributed by atoms with Crippen molar-refractivity contribution in [2.24, 2.45) is 17.8 Å². The fraction of sp³-hybridized carbons (Fsp3) is 0.645. The smallest absolute Gasteiger partial charge is 0.330 e. The number of ether oxygens (including phenoxy) is 3. The van der Waals surface area contributed by atoms with E-state index in [0.717, 1.165) is 37.7 Å². The normalized spacial score (nSPS) is 39.6. The fourth-order valence-corrected chi connectivity index (χ4v) is 5.89. The van der Waals surface area contributed by atoms with Gasteiger partial charge in [-0.05, 0) is 76.0 Å². The van der Waals surface area contributed by atoms with Gasteiger partial charge in [0.05, 0.1) is 31.0 Å². The van der Waals surface area contributed by atoms with Crippen molar-refractivity contribution in [3.63, 3.8) is 0 Å². The number of fused-ring (bicyclic) bond motifs is 3. The van der Waals surface area contributed by atoms with E-state index < -0.39 is 24.3 Å². The number of carbonyl (C=O) groups excluding carboxylic acids is 1. The average molecular weight is 513 g/mol. The second-order valence-corrected chi connectivity index (χ2v) is 11.5. The largest absolute Gasteiger partial charge is 0.456 e. The third kappa shape index (κ3) is 8.78. The Balaban J connectivity index is 1.44. The van der Waals surface area contributed by atoms with E-state index in [-0.39, 0.29) is 30.1 Å². The van der Waals surface area contributed by atoms with Crippen molar-refractivity contribution in [3.8, 4) is 0 Å². The molecular formula is C31H44O6. The Labute approximate surface area is 221 Å². The highest BCUT2D eigenvalue weighted by Crippen LogP contribution is 2.47. The lowest BCUT2D eigenvalue weighted by Crippen LogP contribution is -2.31. The van der Waals surface area contributed by atoms with Crippen LogP contribution in [0.3, 0.4) is 0 Å². The molecule has 204 valence electrons. The number of cyclic esters (lactones) is 1. The zero-order valence-corrected chi connectivity index (χ0v) is 22.3. The van der Waals surface area contributed by atoms with Gasteiger partial charge in [0.2, 0.25) is 0 Å². The van der Waals surface area contributed by atoms with Crippen LogP contribution in [0, 0.1) is 17.8 Å². The van der Waals surface area contributed by atoms with E-state index in [1.54, 1.807) is 12.2 Å². The molecule has 0 amide bonds. The van der Waals surface area contributed by atoms with Crippen molar-refractivity contribution < 1.29 is 29.2 Å². The Hall–Kier alpha value is -1.99. The number of esters is 1. The molecule has 6 heteroatoms. The molecule has 2 N–H and O–H groups in total. The van der Waals surface area contributed by atoms with E-state index >= 15 is 0 Å². The van der Waals surface area contributed by atoms with Crippen molar-refractivity contribution in [1.82, 2.24) is 0 Å². The Morgan fingerprint density at radius 3 is 2.78 bits per heavy atom. The van der Waals surface area contributed by atoms with Gasteiger partial charge in [-0.2, -0.15) is 0 Å². The van der Waals surface area contributed by atoms with E-state index in [1.165, 1.54) is 11.6 Å². The first-order valence-electron chi connectivity index (χ1n) is 13.9. The summed E-state index contributed by atoms with van der Waals surface area (Å²) < 4.78 is 17.7. The quantitative estimate of drug-likeness (QED) is 0.410. The van der Waals surface area contributed by atoms with Crippen LogP contribution in [0.2, 0.25) is 0 Å². The summed E-state index contributed by atoms with van der Waals surface area (Å²) in [6.07, 6.45) is 17.0. The average Bonchev–Trinajstić information content (AvgIpc) is 3.61. The van der Waals surface area contributed by atoms with E-state index in [1.807, 2.05) is 6.08 Å². The lowest BCUT2D eigenvalue weighted by atomic mass is 9.90. The second-order valence-electron chi connectivity index (χ2n) is 11.5. The molecule has 4 aliphatic rings. The van der Waals surface area contributed by atoms with Crippen LogP contribution in [-0.2, 0) is 19.0 Å². The minimum absolute atomic E-state index is 0.0663. The lowest BCUT2D eigenvalue weighted by Gasteiger charge is -2.28. The van der Waals surface area contributed by atoms with Gasteiger partial charge in [-0.15, -0.1) is 0 Å². The molecule has 0 aromatic heterocycles. The standard InChI is InChI=1S/C31H44O6/c1-20-12-13-35-25(15-20)10-11-28(32)30-19-23-18-27(23)29(33)17-22(3)14-21(2)16-26-8-4-6-24(36-26)7-5-9-31(34)37-30/h4-6,9-12,21,23-30,32-33H,3,7-8,13-19H2,1-2H3/b9-5-,11-10+/t21-,23+,24-,25+,26-,27?,28-,29-,30-/m0/s1. The van der Waals surface area contributed by atoms with Crippen molar-refractivity contribution in [1.29, 1.82) is 0 Å². The van der Waals surface area contributed by atoms with E-state index in [9.17, 15) is 15.0 Å². The van der Waals surface area contributed by atoms with Crippen molar-refractivity contribution >= 4 is 5.97 Å². The highest BCUT2D eigenvalue weighted by atomic mass is 16.6. The zero-order chi connectivity index (χ0) is 26.4. The summed E-state index contributed by atoms with van der Waals surface area (Å²) in [7, 11) is 0. The molecule has 3 aliphatic heterocycles. The van der Waals surface area contributed by atoms with Gasteiger partial charge in [-0.25, -0.2) is 4.79 Å². The van der Waals surface area contributed by atoms with Gasteiger partial charge in [0.15, 0.2) is 0 Å². The molecule has 1 unspecified atom stereocenters. The summed E-state index contributed by atoms with van der Waals surface area (Å²) >= 11 is 0. The molecule has 0 radical (unpaired) electrons. The Morgan fingerprint density at radius 2 is 1.97 bits per heavy atom. The van der Waals surface area contributed by atoms with Gasteiger partial charge < -0.3 is 24.4 Å². The van der Waals surface area contributed by atoms with Crippen molar-refractivity contribution in [3.05, 3.63) is 60.3 Å². The van der Waals surface area contributed by atoms with Gasteiger partial charge in [0.25, 0.3) is 0 Å². The van der Waals surface area contributed by atoms with E-state index in [2.05, 4.69) is 38.7 Å². The molecular weight excluding hydrogens is 468 g/mol. The second kappa shape index (κ2) is 13.2. The van der Waals surface area contributed by atoms with Gasteiger partial charge in [-0.1, -0.05) is 61.1 Å². The number of carbonyl (C=O) groups is 1. The summed E-state index contributed by atoms with van der Waals surface area (Å²) in [5.74, 6) is 0.302. The minimum Gasteiger partial charge on any atom is -0.456 e. The molecule has 1 fully saturated rings. The third-order valence-corrected chi connectivity index (χ3v) is 7.98. The molecule has 3 heterocycles. The van der Waals surface area contributed by atoms with Crippen LogP contribution in [0.1, 0.15) is 65.2 Å². The summed E-state index contributed by atoms with van der Waals surface area (Å²) in [5, 5.41) is 21.8. The molecule has 0 aromatic rings. The van der Waals surface area contributed by atoms with E-state index in [0.29, 0.717) is 31.8 Å². The van der Waals surface area contributed by atoms with Crippen LogP contribution >= 0.6 is 0 Å². The Bertz CT molecular complexity index is 917. The predicted molar refractivity (Wildman–Crippen MR) is 144 cm³/mol. The van der Waals surface area contributed by atoms with Crippen LogP contribution in [0.25, 0.3) is 0 Å². The van der Waals surface area contributed by atoms with Crippen LogP contribution < -0.4 is 0 Å². The topological polar surface area (TPSA) is 85.2 Å². The Kier molecular flexibility index (Phi) is 9.99. The van der Waals surface area contributed by atoms with Gasteiger partial charge in [-0.3, -0.25) is 0 Å². The molecule has 0 spiro atoms. The zero-order valence-electron chi connectivity index (χ0n) is 22.3. The number of rotatable bonds is 3. The highest BCUT2D eigenvalue weighted by molar-refractivity contribution is 5.82. The lowest BCUT2D eigenvalue weighted by molar-refractivity contribution is -0.148. The van der Waals surface area contributed by atoms with Gasteiger partial charge in [0.1, 0.15) is 12.2 Å². The van der Waals surface area contributed by atoms with Gasteiger partial charge >= 0.3 is 5.97 Å². The summed E-state index contributed by atoms with van der Waals surface area (Å²) in [6, 6.07) is 0. The van der Waals surface area contributed by atoms with Crippen LogP contribution in [-0.4, -0.2) is 59.4 Å². The minimum atomic E-state index is -0.947. The first kappa shape index (κ1) is 28.0. The van der Waals surface area contributed by atoms with Crippen LogP contribution in [0.15, 0.2) is 60.3 Å². The number of aliphatic hydroxyl groups is 2. The molecule has 1 aliphatic carbocycles. The Morgan fingerprint density at radius 1 is 1.14 bits per heavy atom. The van der Waals surface area contributed by atoms with E-state index in [4.69, 9.17) is 14.2 Å². The maximum atomic E-state index is 12.7. The molecule has 1 saturated carbocycles. The third-order valence-electron chi connectivity index (χ3n) is 7.98. The maximum Gasteiger partial charge on any atom is 0.330 e. The SMILES string of the molecule is C=C1C[C@H](C)C[C@@H]2CC=C[C@@H](C/C=C\C(=O)O[C@H]([C@@H](O)/C=C/[C@@H]3CC(C)=CCO3)C[C@H]3CC3[C@@H](O)C1)O2. The molecule has 0 saturated heterocycles. The molecule has 9 atom stereocenters. The highest BCUT2D eigenvalue weighted by Gasteiger charge is 2.44. The number of hydrogen-bond donors (Lipinski definition) is 2. The number of aliphatic hydroxyl groups excluding tert-OH is 2. The predicted octanol–water partition coefficient (Wildman–Crippen LogP) is 4.97.